The molecule has 1 aromatic carbocycles. The summed E-state index contributed by atoms with van der Waals surface area (Å²) in [5.41, 5.74) is 5.85. The van der Waals surface area contributed by atoms with Crippen LogP contribution in [0, 0.1) is 0 Å². The van der Waals surface area contributed by atoms with Crippen LogP contribution >= 0.6 is 23.2 Å². The Kier molecular flexibility index (Phi) is 3.73. The van der Waals surface area contributed by atoms with Gasteiger partial charge in [0.2, 0.25) is 5.28 Å². The molecule has 0 aliphatic heterocycles. The summed E-state index contributed by atoms with van der Waals surface area (Å²) in [6.07, 6.45) is 0. The number of amides is 1. The number of carbonyl (C=O) groups is 1. The van der Waals surface area contributed by atoms with E-state index in [0.717, 1.165) is 0 Å². The van der Waals surface area contributed by atoms with E-state index in [0.29, 0.717) is 0 Å². The lowest BCUT2D eigenvalue weighted by atomic mass is 10.2. The van der Waals surface area contributed by atoms with Crippen molar-refractivity contribution in [3.8, 4) is 5.75 Å². The van der Waals surface area contributed by atoms with Crippen LogP contribution in [0.1, 0.15) is 10.4 Å². The molecule has 19 heavy (non-hydrogen) atoms. The zero-order chi connectivity index (χ0) is 14.0. The van der Waals surface area contributed by atoms with Gasteiger partial charge >= 0.3 is 0 Å². The van der Waals surface area contributed by atoms with Gasteiger partial charge in [0.1, 0.15) is 16.7 Å². The lowest BCUT2D eigenvalue weighted by Crippen LogP contribution is -2.13. The smallest absolute Gasteiger partial charge is 0.256 e. The summed E-state index contributed by atoms with van der Waals surface area (Å²) in [7, 11) is 0. The van der Waals surface area contributed by atoms with Crippen LogP contribution in [0.5, 0.6) is 5.75 Å². The number of aromatic nitrogens is 2. The predicted molar refractivity (Wildman–Crippen MR) is 72.5 cm³/mol. The van der Waals surface area contributed by atoms with Crippen molar-refractivity contribution >= 4 is 40.6 Å². The number of anilines is 2. The molecule has 1 amide bonds. The van der Waals surface area contributed by atoms with Gasteiger partial charge in [-0.1, -0.05) is 11.6 Å². The second-order valence-electron chi connectivity index (χ2n) is 3.57. The third kappa shape index (κ3) is 3.24. The summed E-state index contributed by atoms with van der Waals surface area (Å²) in [6, 6.07) is 5.48. The number of hydrogen-bond donors (Lipinski definition) is 3. The zero-order valence-electron chi connectivity index (χ0n) is 9.39. The first-order valence-electron chi connectivity index (χ1n) is 5.05. The minimum Gasteiger partial charge on any atom is -0.506 e. The molecule has 2 rings (SSSR count). The molecular formula is C11H8Cl2N4O2. The molecule has 1 heterocycles. The molecule has 0 spiro atoms. The maximum atomic E-state index is 11.9. The molecule has 2 aromatic rings. The summed E-state index contributed by atoms with van der Waals surface area (Å²) < 4.78 is 0. The number of halogens is 2. The molecule has 6 nitrogen and oxygen atoms in total. The van der Waals surface area contributed by atoms with Crippen molar-refractivity contribution in [3.05, 3.63) is 40.3 Å². The summed E-state index contributed by atoms with van der Waals surface area (Å²) in [5.74, 6) is -0.501. The van der Waals surface area contributed by atoms with E-state index < -0.39 is 5.91 Å². The van der Waals surface area contributed by atoms with E-state index in [1.54, 1.807) is 0 Å². The van der Waals surface area contributed by atoms with E-state index in [1.807, 2.05) is 0 Å². The summed E-state index contributed by atoms with van der Waals surface area (Å²) in [5, 5.41) is 11.9. The Labute approximate surface area is 118 Å². The van der Waals surface area contributed by atoms with Crippen molar-refractivity contribution in [2.45, 2.75) is 0 Å². The van der Waals surface area contributed by atoms with Gasteiger partial charge in [-0.25, -0.2) is 9.97 Å². The van der Waals surface area contributed by atoms with Crippen LogP contribution in [0.3, 0.4) is 0 Å². The van der Waals surface area contributed by atoms with Crippen molar-refractivity contribution in [3.63, 3.8) is 0 Å². The molecule has 0 unspecified atom stereocenters. The highest BCUT2D eigenvalue weighted by Crippen LogP contribution is 2.21. The highest BCUT2D eigenvalue weighted by molar-refractivity contribution is 6.32. The first-order chi connectivity index (χ1) is 8.95. The van der Waals surface area contributed by atoms with Gasteiger partial charge in [0.05, 0.1) is 5.69 Å². The van der Waals surface area contributed by atoms with E-state index in [1.165, 1.54) is 24.3 Å². The number of nitrogen functional groups attached to an aromatic ring is 1. The average molecular weight is 299 g/mol. The Balaban J connectivity index is 2.22. The molecule has 0 saturated heterocycles. The molecule has 0 atom stereocenters. The lowest BCUT2D eigenvalue weighted by molar-refractivity contribution is 0.102. The maximum Gasteiger partial charge on any atom is 0.256 e. The Morgan fingerprint density at radius 3 is 2.63 bits per heavy atom. The van der Waals surface area contributed by atoms with Crippen molar-refractivity contribution < 1.29 is 9.90 Å². The molecule has 0 radical (unpaired) electrons. The number of aromatic hydroxyl groups is 1. The number of carbonyl (C=O) groups excluding carboxylic acids is 1. The second-order valence-corrected chi connectivity index (χ2v) is 4.30. The number of nitrogens with zero attached hydrogens (tertiary/aromatic N) is 2. The van der Waals surface area contributed by atoms with Crippen LogP contribution in [0.25, 0.3) is 0 Å². The zero-order valence-corrected chi connectivity index (χ0v) is 10.9. The fourth-order valence-corrected chi connectivity index (χ4v) is 1.74. The molecular weight excluding hydrogens is 291 g/mol. The van der Waals surface area contributed by atoms with Crippen LogP contribution in [0.4, 0.5) is 11.5 Å². The monoisotopic (exact) mass is 298 g/mol. The summed E-state index contributed by atoms with van der Waals surface area (Å²) in [6.45, 7) is 0. The average Bonchev–Trinajstić information content (AvgIpc) is 2.31. The van der Waals surface area contributed by atoms with Crippen LogP contribution in [0.2, 0.25) is 10.4 Å². The number of nitrogens with one attached hydrogen (secondary N) is 1. The minimum absolute atomic E-state index is 0.0806. The number of phenolic OH excluding ortho intramolecular Hbond substituents is 1. The topological polar surface area (TPSA) is 101 Å². The third-order valence-electron chi connectivity index (χ3n) is 2.20. The first-order valence-corrected chi connectivity index (χ1v) is 5.81. The van der Waals surface area contributed by atoms with Crippen molar-refractivity contribution in [1.29, 1.82) is 0 Å². The lowest BCUT2D eigenvalue weighted by Gasteiger charge is -2.06. The maximum absolute atomic E-state index is 11.9. The Hall–Kier alpha value is -2.05. The van der Waals surface area contributed by atoms with Gasteiger partial charge in [-0.05, 0) is 29.8 Å². The first kappa shape index (κ1) is 13.4. The predicted octanol–water partition coefficient (Wildman–Crippen LogP) is 2.32. The van der Waals surface area contributed by atoms with Crippen LogP contribution in [-0.4, -0.2) is 21.0 Å². The van der Waals surface area contributed by atoms with Crippen LogP contribution in [-0.2, 0) is 0 Å². The number of rotatable bonds is 2. The molecule has 0 fully saturated rings. The summed E-state index contributed by atoms with van der Waals surface area (Å²) in [4.78, 5) is 19.3. The number of hydrogen-bond acceptors (Lipinski definition) is 5. The van der Waals surface area contributed by atoms with E-state index >= 15 is 0 Å². The number of benzene rings is 1. The van der Waals surface area contributed by atoms with Gasteiger partial charge < -0.3 is 16.2 Å². The minimum atomic E-state index is -0.485. The van der Waals surface area contributed by atoms with Crippen molar-refractivity contribution in [2.75, 3.05) is 11.1 Å². The molecule has 4 N–H and O–H groups in total. The fourth-order valence-electron chi connectivity index (χ4n) is 1.33. The number of phenols is 1. The molecule has 8 heteroatoms. The quantitative estimate of drug-likeness (QED) is 0.342. The van der Waals surface area contributed by atoms with Gasteiger partial charge in [0.25, 0.3) is 5.91 Å². The fraction of sp³-hybridized carbons (Fsp3) is 0. The molecule has 0 aliphatic carbocycles. The highest BCUT2D eigenvalue weighted by atomic mass is 35.5. The van der Waals surface area contributed by atoms with Gasteiger partial charge in [-0.15, -0.1) is 0 Å². The van der Waals surface area contributed by atoms with Crippen LogP contribution < -0.4 is 11.1 Å². The largest absolute Gasteiger partial charge is 0.506 e. The molecule has 0 aliphatic rings. The van der Waals surface area contributed by atoms with E-state index in [4.69, 9.17) is 28.9 Å². The summed E-state index contributed by atoms with van der Waals surface area (Å²) >= 11 is 11.3. The van der Waals surface area contributed by atoms with Gasteiger partial charge in [-0.2, -0.15) is 0 Å². The Bertz CT molecular complexity index is 628. The Morgan fingerprint density at radius 1 is 1.26 bits per heavy atom. The molecule has 0 bridgehead atoms. The standard InChI is InChI=1S/C11H8Cl2N4O2/c12-8-4-9(17-11(13)15-8)16-10(19)5-1-2-6(14)7(18)3-5/h1-4,18H,14H2,(H,15,16,17,19). The SMILES string of the molecule is Nc1ccc(C(=O)Nc2cc(Cl)nc(Cl)n2)cc1O. The van der Waals surface area contributed by atoms with Gasteiger partial charge in [0, 0.05) is 11.6 Å². The molecule has 0 saturated carbocycles. The van der Waals surface area contributed by atoms with Gasteiger partial charge in [0.15, 0.2) is 0 Å². The normalized spacial score (nSPS) is 10.2. The molecule has 98 valence electrons. The second kappa shape index (κ2) is 5.29. The molecule has 1 aromatic heterocycles. The highest BCUT2D eigenvalue weighted by Gasteiger charge is 2.10. The number of nitrogens with two attached hydrogens (primary N) is 1. The van der Waals surface area contributed by atoms with E-state index in [9.17, 15) is 9.90 Å². The van der Waals surface area contributed by atoms with Crippen LogP contribution in [0.15, 0.2) is 24.3 Å². The van der Waals surface area contributed by atoms with E-state index in [-0.39, 0.29) is 33.3 Å². The van der Waals surface area contributed by atoms with Gasteiger partial charge in [-0.3, -0.25) is 4.79 Å². The Morgan fingerprint density at radius 2 is 2.00 bits per heavy atom. The third-order valence-corrected chi connectivity index (χ3v) is 2.56. The van der Waals surface area contributed by atoms with Crippen molar-refractivity contribution in [1.82, 2.24) is 9.97 Å². The van der Waals surface area contributed by atoms with Crippen molar-refractivity contribution in [2.24, 2.45) is 0 Å². The van der Waals surface area contributed by atoms with E-state index in [2.05, 4.69) is 15.3 Å².